The normalized spacial score (nSPS) is 10.9. The van der Waals surface area contributed by atoms with E-state index in [2.05, 4.69) is 10.2 Å². The summed E-state index contributed by atoms with van der Waals surface area (Å²) in [6, 6.07) is 10.9. The van der Waals surface area contributed by atoms with Crippen LogP contribution >= 0.6 is 0 Å². The Morgan fingerprint density at radius 2 is 1.83 bits per heavy atom. The van der Waals surface area contributed by atoms with Gasteiger partial charge in [0.25, 0.3) is 0 Å². The van der Waals surface area contributed by atoms with Crippen LogP contribution in [0.4, 0.5) is 5.69 Å². The maximum Gasteiger partial charge on any atom is 0.223 e. The SMILES string of the molecule is CCN(C(C)=O)c1cc(O)c(-n2nc3ccccc3n2)cc1C. The summed E-state index contributed by atoms with van der Waals surface area (Å²) >= 11 is 0. The van der Waals surface area contributed by atoms with Crippen molar-refractivity contribution >= 4 is 22.6 Å². The zero-order valence-electron chi connectivity index (χ0n) is 13.3. The van der Waals surface area contributed by atoms with Crippen LogP contribution in [0.1, 0.15) is 19.4 Å². The largest absolute Gasteiger partial charge is 0.506 e. The van der Waals surface area contributed by atoms with Crippen molar-refractivity contribution in [2.75, 3.05) is 11.4 Å². The monoisotopic (exact) mass is 310 g/mol. The molecule has 1 N–H and O–H groups in total. The second-order valence-electron chi connectivity index (χ2n) is 5.37. The minimum absolute atomic E-state index is 0.0330. The fourth-order valence-electron chi connectivity index (χ4n) is 2.65. The number of aromatic hydroxyl groups is 1. The highest BCUT2D eigenvalue weighted by Crippen LogP contribution is 2.31. The molecule has 118 valence electrons. The molecule has 23 heavy (non-hydrogen) atoms. The molecular weight excluding hydrogens is 292 g/mol. The number of anilines is 1. The number of aromatic nitrogens is 3. The van der Waals surface area contributed by atoms with Gasteiger partial charge in [0.1, 0.15) is 22.5 Å². The van der Waals surface area contributed by atoms with E-state index in [-0.39, 0.29) is 11.7 Å². The van der Waals surface area contributed by atoms with E-state index < -0.39 is 0 Å². The molecule has 6 heteroatoms. The Hall–Kier alpha value is -2.89. The average molecular weight is 310 g/mol. The maximum absolute atomic E-state index is 11.7. The number of phenols is 1. The van der Waals surface area contributed by atoms with Gasteiger partial charge in [-0.05, 0) is 37.6 Å². The number of amides is 1. The predicted octanol–water partition coefficient (Wildman–Crippen LogP) is 2.81. The van der Waals surface area contributed by atoms with Gasteiger partial charge in [-0.15, -0.1) is 15.0 Å². The molecule has 0 spiro atoms. The third-order valence-corrected chi connectivity index (χ3v) is 3.78. The van der Waals surface area contributed by atoms with Gasteiger partial charge in [0, 0.05) is 19.5 Å². The summed E-state index contributed by atoms with van der Waals surface area (Å²) in [6.45, 7) is 5.84. The molecule has 0 fully saturated rings. The molecule has 6 nitrogen and oxygen atoms in total. The highest BCUT2D eigenvalue weighted by molar-refractivity contribution is 5.92. The van der Waals surface area contributed by atoms with Crippen molar-refractivity contribution in [1.29, 1.82) is 0 Å². The van der Waals surface area contributed by atoms with Gasteiger partial charge < -0.3 is 10.0 Å². The number of hydrogen-bond donors (Lipinski definition) is 1. The van der Waals surface area contributed by atoms with Crippen LogP contribution in [0.15, 0.2) is 36.4 Å². The second-order valence-corrected chi connectivity index (χ2v) is 5.37. The fourth-order valence-corrected chi connectivity index (χ4v) is 2.65. The first-order chi connectivity index (χ1) is 11.0. The third-order valence-electron chi connectivity index (χ3n) is 3.78. The van der Waals surface area contributed by atoms with Crippen LogP contribution in [0.2, 0.25) is 0 Å². The van der Waals surface area contributed by atoms with Crippen LogP contribution in [-0.4, -0.2) is 32.6 Å². The zero-order valence-corrected chi connectivity index (χ0v) is 13.3. The van der Waals surface area contributed by atoms with Gasteiger partial charge >= 0.3 is 0 Å². The summed E-state index contributed by atoms with van der Waals surface area (Å²) < 4.78 is 0. The lowest BCUT2D eigenvalue weighted by molar-refractivity contribution is -0.116. The van der Waals surface area contributed by atoms with Crippen LogP contribution in [0, 0.1) is 6.92 Å². The number of phenolic OH excluding ortho intramolecular Hbond substituents is 1. The standard InChI is InChI=1S/C17H18N4O2/c1-4-20(12(3)22)15-10-17(23)16(9-11(15)2)21-18-13-7-5-6-8-14(13)19-21/h5-10,23H,4H2,1-3H3. The highest BCUT2D eigenvalue weighted by atomic mass is 16.3. The fraction of sp³-hybridized carbons (Fsp3) is 0.235. The van der Waals surface area contributed by atoms with E-state index in [1.54, 1.807) is 17.0 Å². The summed E-state index contributed by atoms with van der Waals surface area (Å²) in [7, 11) is 0. The Balaban J connectivity index is 2.11. The molecule has 0 atom stereocenters. The summed E-state index contributed by atoms with van der Waals surface area (Å²) in [5.41, 5.74) is 3.57. The lowest BCUT2D eigenvalue weighted by atomic mass is 10.1. The highest BCUT2D eigenvalue weighted by Gasteiger charge is 2.17. The van der Waals surface area contributed by atoms with Crippen LogP contribution in [0.25, 0.3) is 16.7 Å². The first-order valence-corrected chi connectivity index (χ1v) is 7.45. The third kappa shape index (κ3) is 2.63. The van der Waals surface area contributed by atoms with Crippen molar-refractivity contribution in [3.63, 3.8) is 0 Å². The average Bonchev–Trinajstić information content (AvgIpc) is 2.94. The van der Waals surface area contributed by atoms with Crippen LogP contribution in [0.3, 0.4) is 0 Å². The molecule has 1 amide bonds. The van der Waals surface area contributed by atoms with Crippen molar-refractivity contribution in [2.45, 2.75) is 20.8 Å². The molecule has 2 aromatic carbocycles. The van der Waals surface area contributed by atoms with E-state index in [1.165, 1.54) is 11.7 Å². The number of carbonyl (C=O) groups is 1. The molecular formula is C17H18N4O2. The molecule has 0 aliphatic heterocycles. The molecule has 1 heterocycles. The summed E-state index contributed by atoms with van der Waals surface area (Å²) in [5.74, 6) is -0.0312. The Bertz CT molecular complexity index is 852. The molecule has 0 bridgehead atoms. The maximum atomic E-state index is 11.7. The summed E-state index contributed by atoms with van der Waals surface area (Å²) in [6.07, 6.45) is 0. The van der Waals surface area contributed by atoms with Crippen LogP contribution in [0.5, 0.6) is 5.75 Å². The Kier molecular flexibility index (Phi) is 3.73. The first kappa shape index (κ1) is 15.0. The number of fused-ring (bicyclic) bond motifs is 1. The number of aryl methyl sites for hydroxylation is 1. The van der Waals surface area contributed by atoms with E-state index in [1.807, 2.05) is 38.1 Å². The molecule has 0 saturated carbocycles. The quantitative estimate of drug-likeness (QED) is 0.807. The van der Waals surface area contributed by atoms with Gasteiger partial charge in [-0.3, -0.25) is 4.79 Å². The molecule has 3 aromatic rings. The van der Waals surface area contributed by atoms with E-state index in [0.29, 0.717) is 17.9 Å². The van der Waals surface area contributed by atoms with Crippen LogP contribution < -0.4 is 4.90 Å². The Morgan fingerprint density at radius 1 is 1.22 bits per heavy atom. The van der Waals surface area contributed by atoms with E-state index in [0.717, 1.165) is 16.6 Å². The molecule has 0 saturated heterocycles. The van der Waals surface area contributed by atoms with Gasteiger partial charge in [0.2, 0.25) is 5.91 Å². The van der Waals surface area contributed by atoms with Crippen molar-refractivity contribution in [2.24, 2.45) is 0 Å². The lowest BCUT2D eigenvalue weighted by Gasteiger charge is -2.22. The van der Waals surface area contributed by atoms with Gasteiger partial charge in [-0.25, -0.2) is 0 Å². The van der Waals surface area contributed by atoms with E-state index in [9.17, 15) is 9.90 Å². The van der Waals surface area contributed by atoms with Gasteiger partial charge in [-0.1, -0.05) is 12.1 Å². The van der Waals surface area contributed by atoms with Gasteiger partial charge in [0.05, 0.1) is 5.69 Å². The van der Waals surface area contributed by atoms with E-state index in [4.69, 9.17) is 0 Å². The summed E-state index contributed by atoms with van der Waals surface area (Å²) in [5, 5.41) is 19.1. The van der Waals surface area contributed by atoms with Gasteiger partial charge in [0.15, 0.2) is 0 Å². The number of nitrogens with zero attached hydrogens (tertiary/aromatic N) is 4. The minimum Gasteiger partial charge on any atom is -0.506 e. The topological polar surface area (TPSA) is 71.2 Å². The smallest absolute Gasteiger partial charge is 0.223 e. The van der Waals surface area contributed by atoms with Crippen LogP contribution in [-0.2, 0) is 4.79 Å². The minimum atomic E-state index is -0.0642. The predicted molar refractivity (Wildman–Crippen MR) is 89.0 cm³/mol. The van der Waals surface area contributed by atoms with E-state index >= 15 is 0 Å². The number of rotatable bonds is 3. The molecule has 0 unspecified atom stereocenters. The van der Waals surface area contributed by atoms with Crippen molar-refractivity contribution in [3.05, 3.63) is 42.0 Å². The Morgan fingerprint density at radius 3 is 2.35 bits per heavy atom. The van der Waals surface area contributed by atoms with Crippen molar-refractivity contribution < 1.29 is 9.90 Å². The number of carbonyl (C=O) groups excluding carboxylic acids is 1. The van der Waals surface area contributed by atoms with Crippen molar-refractivity contribution in [1.82, 2.24) is 15.0 Å². The van der Waals surface area contributed by atoms with Gasteiger partial charge in [-0.2, -0.15) is 0 Å². The first-order valence-electron chi connectivity index (χ1n) is 7.45. The molecule has 3 rings (SSSR count). The second kappa shape index (κ2) is 5.72. The zero-order chi connectivity index (χ0) is 16.6. The number of benzene rings is 2. The Labute approximate surface area is 134 Å². The molecule has 0 aliphatic carbocycles. The number of hydrogen-bond acceptors (Lipinski definition) is 4. The molecule has 1 aromatic heterocycles. The summed E-state index contributed by atoms with van der Waals surface area (Å²) in [4.78, 5) is 14.8. The van der Waals surface area contributed by atoms with Crippen molar-refractivity contribution in [3.8, 4) is 11.4 Å². The molecule has 0 radical (unpaired) electrons. The molecule has 0 aliphatic rings. The lowest BCUT2D eigenvalue weighted by Crippen LogP contribution is -2.28.